The molecule has 1 atom stereocenters. The molecule has 0 saturated heterocycles. The van der Waals surface area contributed by atoms with Gasteiger partial charge < -0.3 is 42.0 Å². The molecule has 1 aromatic heterocycles. The number of quaternary nitrogens is 1. The summed E-state index contributed by atoms with van der Waals surface area (Å²) in [6, 6.07) is 7.58. The van der Waals surface area contributed by atoms with Crippen LogP contribution in [-0.4, -0.2) is 78.6 Å². The van der Waals surface area contributed by atoms with Crippen LogP contribution in [0.3, 0.4) is 0 Å². The number of carbonyl (C=O) groups is 4. The van der Waals surface area contributed by atoms with Gasteiger partial charge in [0.1, 0.15) is 12.6 Å². The molecule has 11 heteroatoms. The van der Waals surface area contributed by atoms with E-state index in [2.05, 4.69) is 23.7 Å². The molecule has 1 fully saturated rings. The molecule has 0 spiro atoms. The molecule has 242 valence electrons. The van der Waals surface area contributed by atoms with Crippen molar-refractivity contribution in [3.8, 4) is 5.69 Å². The fraction of sp³-hybridized carbons (Fsp3) is 0.576. The first kappa shape index (κ1) is 35.1. The highest BCUT2D eigenvalue weighted by Gasteiger charge is 2.34. The van der Waals surface area contributed by atoms with Gasteiger partial charge in [-0.1, -0.05) is 13.8 Å². The molecule has 0 radical (unpaired) electrons. The van der Waals surface area contributed by atoms with Crippen molar-refractivity contribution in [1.29, 1.82) is 0 Å². The van der Waals surface area contributed by atoms with Crippen molar-refractivity contribution in [3.63, 3.8) is 0 Å². The summed E-state index contributed by atoms with van der Waals surface area (Å²) in [4.78, 5) is 49.5. The van der Waals surface area contributed by atoms with Gasteiger partial charge in [0.25, 0.3) is 5.91 Å². The van der Waals surface area contributed by atoms with Crippen LogP contribution in [0.5, 0.6) is 0 Å². The zero-order chi connectivity index (χ0) is 31.7. The molecule has 0 bridgehead atoms. The number of rotatable bonds is 10. The van der Waals surface area contributed by atoms with Gasteiger partial charge in [0, 0.05) is 47.7 Å². The van der Waals surface area contributed by atoms with Crippen molar-refractivity contribution in [2.75, 3.05) is 33.0 Å². The third kappa shape index (κ3) is 8.85. The number of aryl methyl sites for hydroxylation is 1. The molecule has 1 unspecified atom stereocenters. The van der Waals surface area contributed by atoms with Crippen molar-refractivity contribution in [2.24, 2.45) is 11.1 Å². The van der Waals surface area contributed by atoms with Crippen LogP contribution in [0.1, 0.15) is 91.4 Å². The van der Waals surface area contributed by atoms with Gasteiger partial charge in [-0.05, 0) is 68.7 Å². The number of fused-ring (bicyclic) bond motifs is 1. The number of aromatic nitrogens is 1. The molecule has 2 aliphatic rings. The largest absolute Gasteiger partial charge is 1.00 e. The average Bonchev–Trinajstić information content (AvgIpc) is 3.18. The number of esters is 2. The molecule has 44 heavy (non-hydrogen) atoms. The zero-order valence-corrected chi connectivity index (χ0v) is 27.8. The minimum atomic E-state index is -0.541. The summed E-state index contributed by atoms with van der Waals surface area (Å²) in [5, 5.41) is 3.53. The fourth-order valence-corrected chi connectivity index (χ4v) is 6.47. The molecule has 1 heterocycles. The van der Waals surface area contributed by atoms with Crippen LogP contribution < -0.4 is 23.5 Å². The highest BCUT2D eigenvalue weighted by atomic mass is 35.5. The maximum atomic E-state index is 12.9. The Kier molecular flexibility index (Phi) is 11.0. The van der Waals surface area contributed by atoms with E-state index in [1.165, 1.54) is 6.92 Å². The molecule has 2 aliphatic carbocycles. The minimum Gasteiger partial charge on any atom is -1.00 e. The number of ketones is 1. The summed E-state index contributed by atoms with van der Waals surface area (Å²) >= 11 is 0. The molecular weight excluding hydrogens is 584 g/mol. The first-order chi connectivity index (χ1) is 20.0. The van der Waals surface area contributed by atoms with Crippen LogP contribution in [0.15, 0.2) is 24.3 Å². The van der Waals surface area contributed by atoms with Gasteiger partial charge in [-0.2, -0.15) is 0 Å². The number of halogens is 1. The number of anilines is 1. The van der Waals surface area contributed by atoms with E-state index in [0.717, 1.165) is 41.9 Å². The predicted octanol–water partition coefficient (Wildman–Crippen LogP) is 1.34. The zero-order valence-electron chi connectivity index (χ0n) is 27.0. The van der Waals surface area contributed by atoms with Gasteiger partial charge >= 0.3 is 11.9 Å². The molecular formula is C33H47ClN4O6. The molecule has 4 rings (SSSR count). The molecule has 1 aromatic carbocycles. The van der Waals surface area contributed by atoms with Gasteiger partial charge in [0.15, 0.2) is 11.9 Å². The molecule has 2 aromatic rings. The molecule has 3 N–H and O–H groups in total. The number of carbonyl (C=O) groups excluding carboxylic acids is 4. The number of primary amides is 1. The summed E-state index contributed by atoms with van der Waals surface area (Å²) in [6.07, 6.45) is 3.40. The maximum Gasteiger partial charge on any atom is 0.310 e. The van der Waals surface area contributed by atoms with Crippen molar-refractivity contribution in [3.05, 3.63) is 46.8 Å². The van der Waals surface area contributed by atoms with Crippen LogP contribution in [-0.2, 0) is 25.5 Å². The number of hydrogen-bond donors (Lipinski definition) is 2. The Bertz CT molecular complexity index is 1400. The van der Waals surface area contributed by atoms with Gasteiger partial charge in [-0.15, -0.1) is 0 Å². The number of Topliss-reactive ketones (excluding diaryl/α,β-unsaturated/α-hetero) is 1. The Balaban J connectivity index is 0.00000529. The SMILES string of the molecule is CC(=O)OC(CC(=O)OC1CCC(Nc2cc(-n3c(C)cc4c3CC(C)(C)CC4=O)ccc2C(N)=O)CC1)C[N+](C)(C)C.[Cl-]. The van der Waals surface area contributed by atoms with E-state index in [4.69, 9.17) is 15.2 Å². The lowest BCUT2D eigenvalue weighted by atomic mass is 9.76. The standard InChI is InChI=1S/C33H46N4O6.ClH/c1-20-14-27-29(17-33(3,4)18-30(27)39)36(20)23-10-13-26(32(34)41)28(15-23)35-22-8-11-24(12-9-22)43-31(40)16-25(42-21(2)38)19-37(5,6)7;/h10,13-15,22,24-25H,8-9,11-12,16-19H2,1-7H3,(H2-,34,35,41);1H. The Morgan fingerprint density at radius 3 is 2.34 bits per heavy atom. The molecule has 1 amide bonds. The van der Waals surface area contributed by atoms with Gasteiger partial charge in [-0.3, -0.25) is 19.2 Å². The maximum absolute atomic E-state index is 12.9. The van der Waals surface area contributed by atoms with E-state index in [-0.39, 0.29) is 48.1 Å². The smallest absolute Gasteiger partial charge is 0.310 e. The van der Waals surface area contributed by atoms with E-state index in [9.17, 15) is 19.2 Å². The third-order valence-electron chi connectivity index (χ3n) is 8.21. The Labute approximate surface area is 266 Å². The van der Waals surface area contributed by atoms with Crippen molar-refractivity contribution in [2.45, 2.75) is 90.9 Å². The fourth-order valence-electron chi connectivity index (χ4n) is 6.47. The van der Waals surface area contributed by atoms with Crippen molar-refractivity contribution < 1.29 is 45.5 Å². The van der Waals surface area contributed by atoms with Crippen molar-refractivity contribution >= 4 is 29.3 Å². The number of hydrogen-bond acceptors (Lipinski definition) is 7. The van der Waals surface area contributed by atoms with Crippen molar-refractivity contribution in [1.82, 2.24) is 4.57 Å². The first-order valence-electron chi connectivity index (χ1n) is 15.1. The second-order valence-corrected chi connectivity index (χ2v) is 14.0. The van der Waals surface area contributed by atoms with Gasteiger partial charge in [-0.25, -0.2) is 0 Å². The highest BCUT2D eigenvalue weighted by molar-refractivity contribution is 6.00. The Morgan fingerprint density at radius 2 is 1.75 bits per heavy atom. The van der Waals surface area contributed by atoms with Crippen LogP contribution in [0.2, 0.25) is 0 Å². The lowest BCUT2D eigenvalue weighted by molar-refractivity contribution is -0.873. The number of amides is 1. The second kappa shape index (κ2) is 13.7. The molecule has 10 nitrogen and oxygen atoms in total. The first-order valence-corrected chi connectivity index (χ1v) is 15.1. The highest BCUT2D eigenvalue weighted by Crippen LogP contribution is 2.38. The van der Waals surface area contributed by atoms with E-state index >= 15 is 0 Å². The molecule has 0 aliphatic heterocycles. The van der Waals surface area contributed by atoms with E-state index in [0.29, 0.717) is 41.5 Å². The summed E-state index contributed by atoms with van der Waals surface area (Å²) in [6.45, 7) is 8.07. The van der Waals surface area contributed by atoms with E-state index < -0.39 is 18.0 Å². The number of nitrogens with two attached hydrogens (primary N) is 1. The molecule has 1 saturated carbocycles. The lowest BCUT2D eigenvalue weighted by Crippen LogP contribution is -3.00. The van der Waals surface area contributed by atoms with E-state index in [1.807, 2.05) is 46.3 Å². The monoisotopic (exact) mass is 630 g/mol. The Morgan fingerprint density at radius 1 is 1.09 bits per heavy atom. The number of benzene rings is 1. The third-order valence-corrected chi connectivity index (χ3v) is 8.21. The second-order valence-electron chi connectivity index (χ2n) is 14.0. The Hall–Kier alpha value is -3.37. The van der Waals surface area contributed by atoms with Crippen LogP contribution in [0.4, 0.5) is 5.69 Å². The summed E-state index contributed by atoms with van der Waals surface area (Å²) < 4.78 is 13.8. The topological polar surface area (TPSA) is 130 Å². The average molecular weight is 631 g/mol. The van der Waals surface area contributed by atoms with Gasteiger partial charge in [0.05, 0.1) is 33.1 Å². The summed E-state index contributed by atoms with van der Waals surface area (Å²) in [5.41, 5.74) is 10.3. The van der Waals surface area contributed by atoms with Gasteiger partial charge in [0.2, 0.25) is 0 Å². The minimum absolute atomic E-state index is 0. The predicted molar refractivity (Wildman–Crippen MR) is 164 cm³/mol. The summed E-state index contributed by atoms with van der Waals surface area (Å²) in [5.74, 6) is -1.14. The van der Waals surface area contributed by atoms with Crippen LogP contribution in [0, 0.1) is 12.3 Å². The number of likely N-dealkylation sites (N-methyl/N-ethyl adjacent to an activating group) is 1. The number of nitrogens with zero attached hydrogens (tertiary/aromatic N) is 2. The number of ether oxygens (including phenoxy) is 2. The van der Waals surface area contributed by atoms with Crippen LogP contribution >= 0.6 is 0 Å². The van der Waals surface area contributed by atoms with E-state index in [1.54, 1.807) is 6.07 Å². The number of nitrogens with one attached hydrogen (secondary N) is 1. The van der Waals surface area contributed by atoms with Crippen LogP contribution in [0.25, 0.3) is 5.69 Å². The quantitative estimate of drug-likeness (QED) is 0.299. The summed E-state index contributed by atoms with van der Waals surface area (Å²) in [7, 11) is 5.93. The lowest BCUT2D eigenvalue weighted by Gasteiger charge is -2.31. The normalized spacial score (nSPS) is 20.1.